The summed E-state index contributed by atoms with van der Waals surface area (Å²) in [6.07, 6.45) is 0.942. The summed E-state index contributed by atoms with van der Waals surface area (Å²) in [5.74, 6) is 0.700. The zero-order chi connectivity index (χ0) is 17.1. The molecule has 0 atom stereocenters. The molecule has 0 aliphatic heterocycles. The van der Waals surface area contributed by atoms with Gasteiger partial charge in [-0.2, -0.15) is 0 Å². The first-order chi connectivity index (χ1) is 11.6. The van der Waals surface area contributed by atoms with E-state index in [2.05, 4.69) is 45.0 Å². The minimum atomic E-state index is 0.338. The molecule has 0 aliphatic carbocycles. The largest absolute Gasteiger partial charge is 0.507 e. The highest BCUT2D eigenvalue weighted by molar-refractivity contribution is 5.82. The summed E-state index contributed by atoms with van der Waals surface area (Å²) in [7, 11) is 0. The van der Waals surface area contributed by atoms with Crippen molar-refractivity contribution in [3.63, 3.8) is 0 Å². The number of hydrogen-bond acceptors (Lipinski definition) is 1. The van der Waals surface area contributed by atoms with Crippen molar-refractivity contribution in [1.82, 2.24) is 0 Å². The van der Waals surface area contributed by atoms with Crippen LogP contribution in [0.3, 0.4) is 0 Å². The number of hydrogen-bond donors (Lipinski definition) is 1. The predicted molar refractivity (Wildman–Crippen MR) is 102 cm³/mol. The number of rotatable bonds is 4. The summed E-state index contributed by atoms with van der Waals surface area (Å²) in [6.45, 7) is 6.60. The average Bonchev–Trinajstić information content (AvgIpc) is 2.62. The van der Waals surface area contributed by atoms with Crippen molar-refractivity contribution in [3.05, 3.63) is 77.9 Å². The summed E-state index contributed by atoms with van der Waals surface area (Å²) >= 11 is 0. The third-order valence-electron chi connectivity index (χ3n) is 4.53. The summed E-state index contributed by atoms with van der Waals surface area (Å²) in [5.41, 5.74) is 6.93. The quantitative estimate of drug-likeness (QED) is 0.589. The molecule has 122 valence electrons. The van der Waals surface area contributed by atoms with Gasteiger partial charge in [-0.1, -0.05) is 81.4 Å². The van der Waals surface area contributed by atoms with Crippen LogP contribution in [-0.2, 0) is 6.42 Å². The molecular formula is C23H24O. The summed E-state index contributed by atoms with van der Waals surface area (Å²) in [6, 6.07) is 22.5. The molecule has 1 N–H and O–H groups in total. The van der Waals surface area contributed by atoms with Crippen molar-refractivity contribution in [2.75, 3.05) is 0 Å². The lowest BCUT2D eigenvalue weighted by molar-refractivity contribution is 0.476. The molecule has 0 saturated carbocycles. The Morgan fingerprint density at radius 1 is 0.833 bits per heavy atom. The second-order valence-corrected chi connectivity index (χ2v) is 6.45. The van der Waals surface area contributed by atoms with Crippen molar-refractivity contribution in [1.29, 1.82) is 0 Å². The highest BCUT2D eigenvalue weighted by Crippen LogP contribution is 2.43. The lowest BCUT2D eigenvalue weighted by atomic mass is 9.82. The first kappa shape index (κ1) is 16.3. The van der Waals surface area contributed by atoms with E-state index in [9.17, 15) is 5.11 Å². The van der Waals surface area contributed by atoms with Gasteiger partial charge in [0.2, 0.25) is 0 Å². The van der Waals surface area contributed by atoms with E-state index in [1.54, 1.807) is 0 Å². The Bertz CT molecular complexity index is 818. The number of benzene rings is 3. The maximum atomic E-state index is 10.9. The van der Waals surface area contributed by atoms with Crippen LogP contribution < -0.4 is 0 Å². The second kappa shape index (κ2) is 6.92. The minimum absolute atomic E-state index is 0.338. The van der Waals surface area contributed by atoms with Gasteiger partial charge in [-0.3, -0.25) is 0 Å². The predicted octanol–water partition coefficient (Wildman–Crippen LogP) is 6.41. The molecule has 0 bridgehead atoms. The fourth-order valence-corrected chi connectivity index (χ4v) is 3.53. The van der Waals surface area contributed by atoms with Crippen LogP contribution >= 0.6 is 0 Å². The monoisotopic (exact) mass is 316 g/mol. The fourth-order valence-electron chi connectivity index (χ4n) is 3.53. The van der Waals surface area contributed by atoms with Gasteiger partial charge in [-0.05, 0) is 46.2 Å². The molecule has 0 aromatic heterocycles. The molecule has 0 aliphatic rings. The standard InChI is InChI=1S/C23H24O/c1-4-19-20(17-11-7-5-8-12-17)15-21(24)23(22(19)16(2)3)18-13-9-6-10-14-18/h5-16,24H,4H2,1-3H3. The lowest BCUT2D eigenvalue weighted by Gasteiger charge is -2.22. The Balaban J connectivity index is 2.34. The Kier molecular flexibility index (Phi) is 4.71. The van der Waals surface area contributed by atoms with Crippen LogP contribution in [0.15, 0.2) is 66.7 Å². The summed E-state index contributed by atoms with van der Waals surface area (Å²) in [4.78, 5) is 0. The Hall–Kier alpha value is -2.54. The average molecular weight is 316 g/mol. The molecule has 3 rings (SSSR count). The molecule has 0 amide bonds. The van der Waals surface area contributed by atoms with Gasteiger partial charge in [0.1, 0.15) is 5.75 Å². The van der Waals surface area contributed by atoms with Crippen molar-refractivity contribution in [3.8, 4) is 28.0 Å². The number of phenols is 1. The fraction of sp³-hybridized carbons (Fsp3) is 0.217. The van der Waals surface area contributed by atoms with Gasteiger partial charge >= 0.3 is 0 Å². The third kappa shape index (κ3) is 2.94. The summed E-state index contributed by atoms with van der Waals surface area (Å²) < 4.78 is 0. The Morgan fingerprint density at radius 2 is 1.38 bits per heavy atom. The third-order valence-corrected chi connectivity index (χ3v) is 4.53. The molecule has 0 saturated heterocycles. The van der Waals surface area contributed by atoms with Crippen molar-refractivity contribution in [2.45, 2.75) is 33.1 Å². The Labute approximate surface area is 144 Å². The van der Waals surface area contributed by atoms with Crippen LogP contribution in [0.5, 0.6) is 5.75 Å². The van der Waals surface area contributed by atoms with E-state index >= 15 is 0 Å². The van der Waals surface area contributed by atoms with E-state index in [-0.39, 0.29) is 0 Å². The van der Waals surface area contributed by atoms with Gasteiger partial charge in [0, 0.05) is 5.56 Å². The number of phenolic OH excluding ortho intramolecular Hbond substituents is 1. The maximum Gasteiger partial charge on any atom is 0.124 e. The number of aromatic hydroxyl groups is 1. The molecule has 3 aromatic rings. The van der Waals surface area contributed by atoms with Crippen LogP contribution in [0.25, 0.3) is 22.3 Å². The smallest absolute Gasteiger partial charge is 0.124 e. The zero-order valence-corrected chi connectivity index (χ0v) is 14.6. The van der Waals surface area contributed by atoms with E-state index in [4.69, 9.17) is 0 Å². The Morgan fingerprint density at radius 3 is 1.88 bits per heavy atom. The highest BCUT2D eigenvalue weighted by atomic mass is 16.3. The van der Waals surface area contributed by atoms with E-state index in [1.807, 2.05) is 42.5 Å². The van der Waals surface area contributed by atoms with Gasteiger partial charge in [0.15, 0.2) is 0 Å². The molecule has 1 heteroatoms. The first-order valence-corrected chi connectivity index (χ1v) is 8.63. The van der Waals surface area contributed by atoms with Crippen molar-refractivity contribution in [2.24, 2.45) is 0 Å². The minimum Gasteiger partial charge on any atom is -0.507 e. The molecule has 0 heterocycles. The van der Waals surface area contributed by atoms with Crippen LogP contribution in [0.2, 0.25) is 0 Å². The van der Waals surface area contributed by atoms with Gasteiger partial charge in [0.05, 0.1) is 0 Å². The van der Waals surface area contributed by atoms with E-state index < -0.39 is 0 Å². The van der Waals surface area contributed by atoms with Crippen molar-refractivity contribution < 1.29 is 5.11 Å². The van der Waals surface area contributed by atoms with Gasteiger partial charge in [-0.25, -0.2) is 0 Å². The van der Waals surface area contributed by atoms with E-state index in [1.165, 1.54) is 11.1 Å². The van der Waals surface area contributed by atoms with Crippen LogP contribution in [0.1, 0.15) is 37.8 Å². The lowest BCUT2D eigenvalue weighted by Crippen LogP contribution is -2.02. The van der Waals surface area contributed by atoms with Gasteiger partial charge in [0.25, 0.3) is 0 Å². The van der Waals surface area contributed by atoms with Crippen LogP contribution in [0, 0.1) is 0 Å². The van der Waals surface area contributed by atoms with Gasteiger partial charge < -0.3 is 5.11 Å². The van der Waals surface area contributed by atoms with Gasteiger partial charge in [-0.15, -0.1) is 0 Å². The van der Waals surface area contributed by atoms with Crippen LogP contribution in [0.4, 0.5) is 0 Å². The molecule has 3 aromatic carbocycles. The molecule has 0 spiro atoms. The zero-order valence-electron chi connectivity index (χ0n) is 14.6. The van der Waals surface area contributed by atoms with Crippen LogP contribution in [-0.4, -0.2) is 5.11 Å². The topological polar surface area (TPSA) is 20.2 Å². The molecule has 0 radical (unpaired) electrons. The highest BCUT2D eigenvalue weighted by Gasteiger charge is 2.20. The summed E-state index contributed by atoms with van der Waals surface area (Å²) in [5, 5.41) is 10.9. The molecule has 0 unspecified atom stereocenters. The molecule has 1 nitrogen and oxygen atoms in total. The maximum absolute atomic E-state index is 10.9. The molecule has 24 heavy (non-hydrogen) atoms. The van der Waals surface area contributed by atoms with E-state index in [0.717, 1.165) is 28.7 Å². The molecular weight excluding hydrogens is 292 g/mol. The first-order valence-electron chi connectivity index (χ1n) is 8.63. The van der Waals surface area contributed by atoms with E-state index in [0.29, 0.717) is 11.7 Å². The van der Waals surface area contributed by atoms with Crippen molar-refractivity contribution >= 4 is 0 Å². The molecule has 0 fully saturated rings. The second-order valence-electron chi connectivity index (χ2n) is 6.45. The normalized spacial score (nSPS) is 11.0. The SMILES string of the molecule is CCc1c(-c2ccccc2)cc(O)c(-c2ccccc2)c1C(C)C.